The molecular formula is C20H39IN4. The van der Waals surface area contributed by atoms with Crippen LogP contribution in [0.2, 0.25) is 0 Å². The molecule has 0 aromatic carbocycles. The average molecular weight is 462 g/mol. The van der Waals surface area contributed by atoms with Gasteiger partial charge < -0.3 is 15.5 Å². The van der Waals surface area contributed by atoms with E-state index >= 15 is 0 Å². The molecule has 2 aliphatic carbocycles. The van der Waals surface area contributed by atoms with Gasteiger partial charge in [-0.3, -0.25) is 4.99 Å². The van der Waals surface area contributed by atoms with E-state index in [4.69, 9.17) is 4.99 Å². The zero-order chi connectivity index (χ0) is 16.9. The van der Waals surface area contributed by atoms with Gasteiger partial charge in [0.15, 0.2) is 5.96 Å². The maximum absolute atomic E-state index is 4.71. The second-order valence-corrected chi connectivity index (χ2v) is 8.42. The van der Waals surface area contributed by atoms with E-state index in [2.05, 4.69) is 36.3 Å². The molecule has 146 valence electrons. The van der Waals surface area contributed by atoms with Crippen LogP contribution in [0.1, 0.15) is 72.1 Å². The zero-order valence-electron chi connectivity index (χ0n) is 16.5. The van der Waals surface area contributed by atoms with Gasteiger partial charge in [-0.05, 0) is 51.9 Å². The van der Waals surface area contributed by atoms with Crippen molar-refractivity contribution >= 4 is 29.9 Å². The van der Waals surface area contributed by atoms with Gasteiger partial charge in [0.2, 0.25) is 0 Å². The minimum atomic E-state index is 0. The van der Waals surface area contributed by atoms with Gasteiger partial charge in [-0.25, -0.2) is 0 Å². The number of hydrogen-bond donors (Lipinski definition) is 2. The highest BCUT2D eigenvalue weighted by atomic mass is 127. The Kier molecular flexibility index (Phi) is 8.79. The van der Waals surface area contributed by atoms with Crippen molar-refractivity contribution in [1.29, 1.82) is 0 Å². The first-order valence-electron chi connectivity index (χ1n) is 10.5. The van der Waals surface area contributed by atoms with E-state index in [1.54, 1.807) is 0 Å². The van der Waals surface area contributed by atoms with E-state index < -0.39 is 0 Å². The van der Waals surface area contributed by atoms with Crippen LogP contribution in [0.25, 0.3) is 0 Å². The van der Waals surface area contributed by atoms with Gasteiger partial charge in [0.1, 0.15) is 0 Å². The Hall–Kier alpha value is -0.0400. The minimum Gasteiger partial charge on any atom is -0.354 e. The molecule has 2 N–H and O–H groups in total. The molecular weight excluding hydrogens is 423 g/mol. The zero-order valence-corrected chi connectivity index (χ0v) is 18.8. The topological polar surface area (TPSA) is 39.7 Å². The Balaban J connectivity index is 0.00000225. The van der Waals surface area contributed by atoms with Crippen molar-refractivity contribution in [3.05, 3.63) is 0 Å². The van der Waals surface area contributed by atoms with Crippen LogP contribution in [-0.4, -0.2) is 48.6 Å². The van der Waals surface area contributed by atoms with Crippen LogP contribution in [-0.2, 0) is 0 Å². The molecule has 0 spiro atoms. The molecule has 3 aliphatic rings. The monoisotopic (exact) mass is 462 g/mol. The molecule has 5 heteroatoms. The van der Waals surface area contributed by atoms with Crippen molar-refractivity contribution in [2.75, 3.05) is 19.6 Å². The predicted octanol–water partition coefficient (Wildman–Crippen LogP) is 4.00. The van der Waals surface area contributed by atoms with Crippen LogP contribution in [0, 0.1) is 11.8 Å². The Labute approximate surface area is 172 Å². The third kappa shape index (κ3) is 6.26. The van der Waals surface area contributed by atoms with Gasteiger partial charge in [0.25, 0.3) is 0 Å². The van der Waals surface area contributed by atoms with E-state index in [1.165, 1.54) is 64.5 Å². The molecule has 1 heterocycles. The highest BCUT2D eigenvalue weighted by Crippen LogP contribution is 2.44. The summed E-state index contributed by atoms with van der Waals surface area (Å²) in [6.07, 6.45) is 11.1. The fraction of sp³-hybridized carbons (Fsp3) is 0.950. The number of hydrogen-bond acceptors (Lipinski definition) is 2. The summed E-state index contributed by atoms with van der Waals surface area (Å²) in [4.78, 5) is 7.30. The fourth-order valence-corrected chi connectivity index (χ4v) is 4.68. The highest BCUT2D eigenvalue weighted by Gasteiger charge is 2.43. The Morgan fingerprint density at radius 3 is 2.32 bits per heavy atom. The first-order valence-corrected chi connectivity index (χ1v) is 10.5. The second-order valence-electron chi connectivity index (χ2n) is 8.42. The number of guanidine groups is 1. The maximum Gasteiger partial charge on any atom is 0.191 e. The van der Waals surface area contributed by atoms with E-state index in [0.717, 1.165) is 24.3 Å². The summed E-state index contributed by atoms with van der Waals surface area (Å²) in [6.45, 7) is 10.0. The van der Waals surface area contributed by atoms with Gasteiger partial charge in [0, 0.05) is 37.8 Å². The largest absolute Gasteiger partial charge is 0.354 e. The lowest BCUT2D eigenvalue weighted by Gasteiger charge is -2.35. The Morgan fingerprint density at radius 2 is 1.72 bits per heavy atom. The number of rotatable bonds is 5. The van der Waals surface area contributed by atoms with Crippen LogP contribution >= 0.6 is 24.0 Å². The molecule has 0 radical (unpaired) electrons. The molecule has 2 unspecified atom stereocenters. The summed E-state index contributed by atoms with van der Waals surface area (Å²) in [5.74, 6) is 2.97. The molecule has 1 saturated heterocycles. The smallest absolute Gasteiger partial charge is 0.191 e. The lowest BCUT2D eigenvalue weighted by molar-refractivity contribution is 0.167. The summed E-state index contributed by atoms with van der Waals surface area (Å²) in [5.41, 5.74) is 0. The summed E-state index contributed by atoms with van der Waals surface area (Å²) in [6, 6.07) is 1.95. The molecule has 2 saturated carbocycles. The Morgan fingerprint density at radius 1 is 1.04 bits per heavy atom. The van der Waals surface area contributed by atoms with Crippen LogP contribution in [0.3, 0.4) is 0 Å². The second kappa shape index (κ2) is 10.3. The summed E-state index contributed by atoms with van der Waals surface area (Å²) < 4.78 is 0. The Bertz CT molecular complexity index is 412. The third-order valence-corrected chi connectivity index (χ3v) is 6.33. The molecule has 3 fully saturated rings. The maximum atomic E-state index is 4.71. The van der Waals surface area contributed by atoms with Crippen LogP contribution in [0.5, 0.6) is 0 Å². The highest BCUT2D eigenvalue weighted by molar-refractivity contribution is 14.0. The molecule has 1 aliphatic heterocycles. The number of piperidine rings is 1. The van der Waals surface area contributed by atoms with E-state index in [9.17, 15) is 0 Å². The quantitative estimate of drug-likeness (QED) is 0.369. The normalized spacial score (nSPS) is 29.4. The minimum absolute atomic E-state index is 0. The summed E-state index contributed by atoms with van der Waals surface area (Å²) in [5, 5.41) is 7.47. The van der Waals surface area contributed by atoms with Gasteiger partial charge in [0.05, 0.1) is 0 Å². The fourth-order valence-electron chi connectivity index (χ4n) is 4.68. The van der Waals surface area contributed by atoms with Gasteiger partial charge >= 0.3 is 0 Å². The van der Waals surface area contributed by atoms with E-state index in [-0.39, 0.29) is 24.0 Å². The number of aliphatic imine (C=N–C) groups is 1. The molecule has 4 nitrogen and oxygen atoms in total. The predicted molar refractivity (Wildman–Crippen MR) is 118 cm³/mol. The lowest BCUT2D eigenvalue weighted by atomic mass is 9.85. The lowest BCUT2D eigenvalue weighted by Crippen LogP contribution is -2.50. The molecule has 2 atom stereocenters. The van der Waals surface area contributed by atoms with Crippen molar-refractivity contribution in [1.82, 2.24) is 15.5 Å². The molecule has 3 rings (SSSR count). The van der Waals surface area contributed by atoms with Crippen molar-refractivity contribution in [2.24, 2.45) is 16.8 Å². The van der Waals surface area contributed by atoms with Crippen LogP contribution in [0.15, 0.2) is 4.99 Å². The van der Waals surface area contributed by atoms with Crippen molar-refractivity contribution in [3.63, 3.8) is 0 Å². The molecule has 0 amide bonds. The van der Waals surface area contributed by atoms with Crippen LogP contribution < -0.4 is 10.6 Å². The van der Waals surface area contributed by atoms with Crippen molar-refractivity contribution < 1.29 is 0 Å². The third-order valence-electron chi connectivity index (χ3n) is 6.33. The van der Waals surface area contributed by atoms with E-state index in [1.807, 2.05) is 0 Å². The molecule has 0 aromatic heterocycles. The standard InChI is InChI=1S/C20H38N4.HI/c1-4-21-20(22-17-10-12-24(13-11-17)15(2)3)23-19-14-18(19)16-8-6-5-7-9-16;/h15-19H,4-14H2,1-3H3,(H2,21,22,23);1H. The van der Waals surface area contributed by atoms with Crippen molar-refractivity contribution in [3.8, 4) is 0 Å². The summed E-state index contributed by atoms with van der Waals surface area (Å²) in [7, 11) is 0. The SMILES string of the molecule is CCN=C(NC1CCN(C(C)C)CC1)NC1CC1C1CCCCC1.I. The van der Waals surface area contributed by atoms with Gasteiger partial charge in [-0.15, -0.1) is 24.0 Å². The van der Waals surface area contributed by atoms with Crippen molar-refractivity contribution in [2.45, 2.75) is 90.3 Å². The molecule has 0 bridgehead atoms. The number of likely N-dealkylation sites (tertiary alicyclic amines) is 1. The van der Waals surface area contributed by atoms with Gasteiger partial charge in [-0.1, -0.05) is 32.1 Å². The first kappa shape index (κ1) is 21.3. The summed E-state index contributed by atoms with van der Waals surface area (Å²) >= 11 is 0. The van der Waals surface area contributed by atoms with E-state index in [0.29, 0.717) is 18.1 Å². The number of halogens is 1. The molecule has 25 heavy (non-hydrogen) atoms. The van der Waals surface area contributed by atoms with Crippen LogP contribution in [0.4, 0.5) is 0 Å². The molecule has 0 aromatic rings. The number of nitrogens with zero attached hydrogens (tertiary/aromatic N) is 2. The average Bonchev–Trinajstić information content (AvgIpc) is 3.35. The van der Waals surface area contributed by atoms with Gasteiger partial charge in [-0.2, -0.15) is 0 Å². The number of nitrogens with one attached hydrogen (secondary N) is 2. The first-order chi connectivity index (χ1) is 11.7.